The molecule has 4 nitrogen and oxygen atoms in total. The van der Waals surface area contributed by atoms with Gasteiger partial charge in [-0.3, -0.25) is 0 Å². The van der Waals surface area contributed by atoms with Gasteiger partial charge in [-0.15, -0.1) is 0 Å². The summed E-state index contributed by atoms with van der Waals surface area (Å²) in [6, 6.07) is 7.90. The van der Waals surface area contributed by atoms with Crippen LogP contribution < -0.4 is 10.6 Å². The number of nitrogens with zero attached hydrogens (tertiary/aromatic N) is 2. The van der Waals surface area contributed by atoms with Crippen LogP contribution in [0.1, 0.15) is 37.9 Å². The number of benzene rings is 1. The topological polar surface area (TPSA) is 49.8 Å². The molecule has 1 fully saturated rings. The lowest BCUT2D eigenvalue weighted by Crippen LogP contribution is -2.23. The van der Waals surface area contributed by atoms with Gasteiger partial charge in [0.25, 0.3) is 0 Å². The molecule has 1 aromatic heterocycles. The molecule has 1 heterocycles. The Hall–Kier alpha value is -1.52. The molecule has 1 aliphatic carbocycles. The van der Waals surface area contributed by atoms with E-state index in [1.165, 1.54) is 32.1 Å². The zero-order valence-electron chi connectivity index (χ0n) is 13.1. The summed E-state index contributed by atoms with van der Waals surface area (Å²) in [5.41, 5.74) is 0.737. The maximum atomic E-state index is 6.22. The second-order valence-electron chi connectivity index (χ2n) is 5.89. The van der Waals surface area contributed by atoms with Gasteiger partial charge in [0.05, 0.1) is 15.7 Å². The Labute approximate surface area is 146 Å². The SMILES string of the molecule is Cc1nc(Nc2cccc(Cl)c2Cl)cc(NC2CCCCC2)n1. The summed E-state index contributed by atoms with van der Waals surface area (Å²) in [6.45, 7) is 1.89. The molecule has 122 valence electrons. The van der Waals surface area contributed by atoms with Crippen molar-refractivity contribution in [3.05, 3.63) is 40.1 Å². The van der Waals surface area contributed by atoms with E-state index in [-0.39, 0.29) is 0 Å². The van der Waals surface area contributed by atoms with Crippen molar-refractivity contribution < 1.29 is 0 Å². The number of aromatic nitrogens is 2. The molecule has 2 N–H and O–H groups in total. The molecular formula is C17H20Cl2N4. The highest BCUT2D eigenvalue weighted by Crippen LogP contribution is 2.31. The summed E-state index contributed by atoms with van der Waals surface area (Å²) < 4.78 is 0. The first-order valence-corrected chi connectivity index (χ1v) is 8.70. The van der Waals surface area contributed by atoms with Crippen LogP contribution in [0.4, 0.5) is 17.3 Å². The van der Waals surface area contributed by atoms with E-state index in [0.717, 1.165) is 11.5 Å². The van der Waals surface area contributed by atoms with Crippen LogP contribution in [0.15, 0.2) is 24.3 Å². The van der Waals surface area contributed by atoms with Gasteiger partial charge in [0.15, 0.2) is 0 Å². The Balaban J connectivity index is 1.78. The van der Waals surface area contributed by atoms with E-state index in [4.69, 9.17) is 23.2 Å². The highest BCUT2D eigenvalue weighted by atomic mass is 35.5. The van der Waals surface area contributed by atoms with Crippen molar-refractivity contribution in [2.75, 3.05) is 10.6 Å². The monoisotopic (exact) mass is 350 g/mol. The highest BCUT2D eigenvalue weighted by Gasteiger charge is 2.14. The Morgan fingerprint density at radius 1 is 1.04 bits per heavy atom. The number of hydrogen-bond acceptors (Lipinski definition) is 4. The van der Waals surface area contributed by atoms with Gasteiger partial charge in [0.2, 0.25) is 0 Å². The van der Waals surface area contributed by atoms with Crippen LogP contribution in [0.2, 0.25) is 10.0 Å². The number of rotatable bonds is 4. The van der Waals surface area contributed by atoms with Gasteiger partial charge in [-0.2, -0.15) is 0 Å². The third kappa shape index (κ3) is 4.27. The first kappa shape index (κ1) is 16.3. The van der Waals surface area contributed by atoms with Crippen LogP contribution in [0.3, 0.4) is 0 Å². The lowest BCUT2D eigenvalue weighted by Gasteiger charge is -2.23. The molecule has 0 aliphatic heterocycles. The summed E-state index contributed by atoms with van der Waals surface area (Å²) in [4.78, 5) is 8.92. The molecule has 0 unspecified atom stereocenters. The van der Waals surface area contributed by atoms with E-state index in [1.54, 1.807) is 6.07 Å². The van der Waals surface area contributed by atoms with Crippen LogP contribution in [0.25, 0.3) is 0 Å². The minimum atomic E-state index is 0.493. The molecular weight excluding hydrogens is 331 g/mol. The van der Waals surface area contributed by atoms with Gasteiger partial charge in [-0.05, 0) is 31.9 Å². The first-order chi connectivity index (χ1) is 11.1. The van der Waals surface area contributed by atoms with Gasteiger partial charge in [-0.25, -0.2) is 9.97 Å². The van der Waals surface area contributed by atoms with Crippen LogP contribution in [-0.2, 0) is 0 Å². The third-order valence-corrected chi connectivity index (χ3v) is 4.83. The first-order valence-electron chi connectivity index (χ1n) is 7.95. The van der Waals surface area contributed by atoms with E-state index in [9.17, 15) is 0 Å². The van der Waals surface area contributed by atoms with E-state index < -0.39 is 0 Å². The Morgan fingerprint density at radius 3 is 2.57 bits per heavy atom. The molecule has 1 saturated carbocycles. The zero-order chi connectivity index (χ0) is 16.2. The van der Waals surface area contributed by atoms with Crippen molar-refractivity contribution >= 4 is 40.5 Å². The number of hydrogen-bond donors (Lipinski definition) is 2. The van der Waals surface area contributed by atoms with E-state index in [2.05, 4.69) is 20.6 Å². The lowest BCUT2D eigenvalue weighted by molar-refractivity contribution is 0.462. The molecule has 0 amide bonds. The minimum absolute atomic E-state index is 0.493. The maximum Gasteiger partial charge on any atom is 0.136 e. The van der Waals surface area contributed by atoms with Crippen molar-refractivity contribution in [3.8, 4) is 0 Å². The minimum Gasteiger partial charge on any atom is -0.367 e. The van der Waals surface area contributed by atoms with E-state index >= 15 is 0 Å². The predicted molar refractivity (Wildman–Crippen MR) is 97.0 cm³/mol. The van der Waals surface area contributed by atoms with Crippen LogP contribution in [-0.4, -0.2) is 16.0 Å². The number of nitrogens with one attached hydrogen (secondary N) is 2. The van der Waals surface area contributed by atoms with Crippen molar-refractivity contribution in [2.24, 2.45) is 0 Å². The average Bonchev–Trinajstić information content (AvgIpc) is 2.52. The van der Waals surface area contributed by atoms with Gasteiger partial charge in [0, 0.05) is 12.1 Å². The largest absolute Gasteiger partial charge is 0.367 e. The Bertz CT molecular complexity index is 684. The fourth-order valence-electron chi connectivity index (χ4n) is 2.90. The standard InChI is InChI=1S/C17H20Cl2N4/c1-11-20-15(22-12-6-3-2-4-7-12)10-16(21-11)23-14-9-5-8-13(18)17(14)19/h5,8-10,12H,2-4,6-7H2,1H3,(H2,20,21,22,23). The highest BCUT2D eigenvalue weighted by molar-refractivity contribution is 6.43. The molecule has 3 rings (SSSR count). The maximum absolute atomic E-state index is 6.22. The summed E-state index contributed by atoms with van der Waals surface area (Å²) in [6.07, 6.45) is 6.30. The number of aryl methyl sites for hydroxylation is 1. The second kappa shape index (κ2) is 7.37. The smallest absolute Gasteiger partial charge is 0.136 e. The van der Waals surface area contributed by atoms with Gasteiger partial charge in [-0.1, -0.05) is 48.5 Å². The lowest BCUT2D eigenvalue weighted by atomic mass is 9.95. The fourth-order valence-corrected chi connectivity index (χ4v) is 3.25. The molecule has 0 radical (unpaired) electrons. The number of anilines is 3. The van der Waals surface area contributed by atoms with Gasteiger partial charge in [0.1, 0.15) is 17.5 Å². The van der Waals surface area contributed by atoms with Gasteiger partial charge >= 0.3 is 0 Å². The van der Waals surface area contributed by atoms with Crippen molar-refractivity contribution in [2.45, 2.75) is 45.1 Å². The molecule has 0 saturated heterocycles. The quantitative estimate of drug-likeness (QED) is 0.755. The molecule has 6 heteroatoms. The molecule has 1 aliphatic rings. The molecule has 0 bridgehead atoms. The van der Waals surface area contributed by atoms with Crippen LogP contribution >= 0.6 is 23.2 Å². The normalized spacial score (nSPS) is 15.4. The Kier molecular flexibility index (Phi) is 5.23. The molecule has 2 aromatic rings. The van der Waals surface area contributed by atoms with Crippen molar-refractivity contribution in [1.29, 1.82) is 0 Å². The van der Waals surface area contributed by atoms with Crippen molar-refractivity contribution in [1.82, 2.24) is 9.97 Å². The summed E-state index contributed by atoms with van der Waals surface area (Å²) in [5, 5.41) is 7.76. The summed E-state index contributed by atoms with van der Waals surface area (Å²) >= 11 is 12.3. The van der Waals surface area contributed by atoms with Gasteiger partial charge < -0.3 is 10.6 Å². The average molecular weight is 351 g/mol. The fraction of sp³-hybridized carbons (Fsp3) is 0.412. The molecule has 0 atom stereocenters. The zero-order valence-corrected chi connectivity index (χ0v) is 14.6. The summed E-state index contributed by atoms with van der Waals surface area (Å²) in [5.74, 6) is 2.27. The molecule has 0 spiro atoms. The van der Waals surface area contributed by atoms with E-state index in [1.807, 2.05) is 25.1 Å². The third-order valence-electron chi connectivity index (χ3n) is 4.01. The second-order valence-corrected chi connectivity index (χ2v) is 6.68. The van der Waals surface area contributed by atoms with Crippen molar-refractivity contribution in [3.63, 3.8) is 0 Å². The van der Waals surface area contributed by atoms with Crippen LogP contribution in [0, 0.1) is 6.92 Å². The molecule has 1 aromatic carbocycles. The predicted octanol–water partition coefficient (Wildman–Crippen LogP) is 5.58. The van der Waals surface area contributed by atoms with E-state index in [0.29, 0.717) is 27.7 Å². The summed E-state index contributed by atoms with van der Waals surface area (Å²) in [7, 11) is 0. The molecule has 23 heavy (non-hydrogen) atoms. The number of halogens is 2. The Morgan fingerprint density at radius 2 is 1.78 bits per heavy atom. The van der Waals surface area contributed by atoms with Crippen LogP contribution in [0.5, 0.6) is 0 Å².